The monoisotopic (exact) mass is 584 g/mol. The van der Waals surface area contributed by atoms with Crippen LogP contribution in [0.1, 0.15) is 22.3 Å². The van der Waals surface area contributed by atoms with Crippen LogP contribution in [0.25, 0.3) is 65.7 Å². The van der Waals surface area contributed by atoms with Crippen LogP contribution in [0.2, 0.25) is 0 Å². The van der Waals surface area contributed by atoms with E-state index in [0.29, 0.717) is 0 Å². The molecule has 0 atom stereocenters. The molecule has 0 bridgehead atoms. The summed E-state index contributed by atoms with van der Waals surface area (Å²) in [5.74, 6) is 0. The minimum atomic E-state index is -0.448. The van der Waals surface area contributed by atoms with Crippen LogP contribution in [0, 0.1) is 0 Å². The predicted octanol–water partition coefficient (Wildman–Crippen LogP) is 11.9. The van der Waals surface area contributed by atoms with Crippen LogP contribution >= 0.6 is 0 Å². The third-order valence-electron chi connectivity index (χ3n) is 10.1. The predicted molar refractivity (Wildman–Crippen MR) is 191 cm³/mol. The molecule has 1 aliphatic rings. The molecule has 10 rings (SSSR count). The molecule has 1 nitrogen and oxygen atoms in total. The van der Waals surface area contributed by atoms with E-state index in [2.05, 4.69) is 170 Å². The fraction of sp³-hybridized carbons (Fsp3) is 0.0222. The summed E-state index contributed by atoms with van der Waals surface area (Å²) in [7, 11) is 0. The Kier molecular flexibility index (Phi) is 5.27. The number of rotatable bonds is 3. The van der Waals surface area contributed by atoms with Crippen molar-refractivity contribution in [2.45, 2.75) is 5.41 Å². The maximum Gasteiger partial charge on any atom is 0.143 e. The van der Waals surface area contributed by atoms with Crippen LogP contribution in [0.4, 0.5) is 0 Å². The molecule has 0 spiro atoms. The van der Waals surface area contributed by atoms with Crippen molar-refractivity contribution in [3.05, 3.63) is 192 Å². The molecule has 0 saturated carbocycles. The van der Waals surface area contributed by atoms with Gasteiger partial charge in [0.2, 0.25) is 0 Å². The van der Waals surface area contributed by atoms with Crippen LogP contribution < -0.4 is 0 Å². The summed E-state index contributed by atoms with van der Waals surface area (Å²) in [6.45, 7) is 0. The van der Waals surface area contributed by atoms with Gasteiger partial charge in [0.25, 0.3) is 0 Å². The molecule has 0 radical (unpaired) electrons. The molecule has 0 amide bonds. The van der Waals surface area contributed by atoms with E-state index in [4.69, 9.17) is 4.42 Å². The molecule has 0 unspecified atom stereocenters. The first-order chi connectivity index (χ1) is 22.8. The third-order valence-corrected chi connectivity index (χ3v) is 10.1. The molecule has 0 fully saturated rings. The molecule has 0 N–H and O–H groups in total. The van der Waals surface area contributed by atoms with E-state index in [1.54, 1.807) is 0 Å². The van der Waals surface area contributed by atoms with Gasteiger partial charge in [-0.15, -0.1) is 0 Å². The van der Waals surface area contributed by atoms with Crippen LogP contribution in [-0.4, -0.2) is 0 Å². The third kappa shape index (κ3) is 3.40. The maximum atomic E-state index is 6.58. The van der Waals surface area contributed by atoms with Crippen molar-refractivity contribution < 1.29 is 4.42 Å². The average molecular weight is 585 g/mol. The zero-order chi connectivity index (χ0) is 30.2. The first-order valence-electron chi connectivity index (χ1n) is 15.9. The van der Waals surface area contributed by atoms with Gasteiger partial charge in [0.05, 0.1) is 5.41 Å². The average Bonchev–Trinajstić information content (AvgIpc) is 3.66. The molecule has 214 valence electrons. The van der Waals surface area contributed by atoms with E-state index in [1.807, 2.05) is 0 Å². The van der Waals surface area contributed by atoms with Crippen molar-refractivity contribution >= 4 is 43.5 Å². The first kappa shape index (κ1) is 25.4. The van der Waals surface area contributed by atoms with E-state index < -0.39 is 5.41 Å². The van der Waals surface area contributed by atoms with E-state index in [0.717, 1.165) is 32.9 Å². The van der Waals surface area contributed by atoms with Crippen LogP contribution in [0.5, 0.6) is 0 Å². The van der Waals surface area contributed by atoms with Crippen LogP contribution in [-0.2, 0) is 5.41 Å². The molecular weight excluding hydrogens is 556 g/mol. The summed E-state index contributed by atoms with van der Waals surface area (Å²) in [4.78, 5) is 0. The highest BCUT2D eigenvalue weighted by atomic mass is 16.3. The second-order valence-electron chi connectivity index (χ2n) is 12.4. The second kappa shape index (κ2) is 9.54. The number of benzene rings is 8. The summed E-state index contributed by atoms with van der Waals surface area (Å²) in [6.07, 6.45) is 0. The first-order valence-corrected chi connectivity index (χ1v) is 15.9. The number of hydrogen-bond donors (Lipinski definition) is 0. The Labute approximate surface area is 267 Å². The Balaban J connectivity index is 1.25. The topological polar surface area (TPSA) is 13.1 Å². The number of furan rings is 1. The van der Waals surface area contributed by atoms with Crippen molar-refractivity contribution in [3.63, 3.8) is 0 Å². The van der Waals surface area contributed by atoms with Crippen LogP contribution in [0.3, 0.4) is 0 Å². The summed E-state index contributed by atoms with van der Waals surface area (Å²) in [5.41, 5.74) is 11.6. The van der Waals surface area contributed by atoms with Crippen molar-refractivity contribution in [2.75, 3.05) is 0 Å². The van der Waals surface area contributed by atoms with Gasteiger partial charge in [-0.2, -0.15) is 0 Å². The Hall–Kier alpha value is -5.92. The molecular formula is C45H28O. The number of fused-ring (bicyclic) bond motifs is 10. The van der Waals surface area contributed by atoms with Gasteiger partial charge in [-0.05, 0) is 84.9 Å². The van der Waals surface area contributed by atoms with Gasteiger partial charge >= 0.3 is 0 Å². The van der Waals surface area contributed by atoms with Gasteiger partial charge in [0.1, 0.15) is 11.2 Å². The standard InChI is InChI=1S/C45H28O/c1-3-12-33(13-4-1)45(34-14-5-2-6-15-34)41-18-10-9-17-36(41)38-25-21-30-19-20-31(27-40(30)43(38)45)32-23-24-37-39-26-22-29-11-7-8-16-35(29)44(39)46-42(37)28-32/h1-28H. The Morgan fingerprint density at radius 3 is 1.83 bits per heavy atom. The van der Waals surface area contributed by atoms with E-state index in [-0.39, 0.29) is 0 Å². The van der Waals surface area contributed by atoms with E-state index >= 15 is 0 Å². The zero-order valence-corrected chi connectivity index (χ0v) is 25.1. The van der Waals surface area contributed by atoms with Gasteiger partial charge in [0, 0.05) is 16.2 Å². The highest BCUT2D eigenvalue weighted by molar-refractivity contribution is 6.15. The lowest BCUT2D eigenvalue weighted by atomic mass is 9.66. The normalized spacial score (nSPS) is 13.4. The van der Waals surface area contributed by atoms with Crippen LogP contribution in [0.15, 0.2) is 174 Å². The minimum Gasteiger partial charge on any atom is -0.455 e. The van der Waals surface area contributed by atoms with Gasteiger partial charge in [-0.25, -0.2) is 0 Å². The Morgan fingerprint density at radius 2 is 1.00 bits per heavy atom. The highest BCUT2D eigenvalue weighted by Gasteiger charge is 2.46. The molecule has 1 aliphatic carbocycles. The van der Waals surface area contributed by atoms with Crippen molar-refractivity contribution in [3.8, 4) is 22.3 Å². The summed E-state index contributed by atoms with van der Waals surface area (Å²) < 4.78 is 6.58. The summed E-state index contributed by atoms with van der Waals surface area (Å²) in [5, 5.41) is 7.16. The maximum absolute atomic E-state index is 6.58. The molecule has 1 heterocycles. The quantitative estimate of drug-likeness (QED) is 0.201. The Morgan fingerprint density at radius 1 is 0.391 bits per heavy atom. The van der Waals surface area contributed by atoms with Crippen molar-refractivity contribution in [1.29, 1.82) is 0 Å². The largest absolute Gasteiger partial charge is 0.455 e. The smallest absolute Gasteiger partial charge is 0.143 e. The van der Waals surface area contributed by atoms with Gasteiger partial charge in [-0.1, -0.05) is 146 Å². The van der Waals surface area contributed by atoms with E-state index in [1.165, 1.54) is 55.1 Å². The van der Waals surface area contributed by atoms with Gasteiger partial charge < -0.3 is 4.42 Å². The zero-order valence-electron chi connectivity index (χ0n) is 25.1. The molecule has 0 aliphatic heterocycles. The fourth-order valence-corrected chi connectivity index (χ4v) is 8.13. The summed E-state index contributed by atoms with van der Waals surface area (Å²) >= 11 is 0. The molecule has 1 aromatic heterocycles. The molecule has 46 heavy (non-hydrogen) atoms. The van der Waals surface area contributed by atoms with Crippen molar-refractivity contribution in [1.82, 2.24) is 0 Å². The highest BCUT2D eigenvalue weighted by Crippen LogP contribution is 2.58. The minimum absolute atomic E-state index is 0.448. The molecule has 0 saturated heterocycles. The van der Waals surface area contributed by atoms with Crippen molar-refractivity contribution in [2.24, 2.45) is 0 Å². The number of hydrogen-bond acceptors (Lipinski definition) is 1. The lowest BCUT2D eigenvalue weighted by Crippen LogP contribution is -2.28. The SMILES string of the molecule is c1ccc(C2(c3ccccc3)c3ccccc3-c3ccc4ccc(-c5ccc6c(c5)oc5c7ccccc7ccc65)cc4c32)cc1. The van der Waals surface area contributed by atoms with E-state index in [9.17, 15) is 0 Å². The van der Waals surface area contributed by atoms with Gasteiger partial charge in [0.15, 0.2) is 0 Å². The fourth-order valence-electron chi connectivity index (χ4n) is 8.13. The Bertz CT molecular complexity index is 2590. The summed E-state index contributed by atoms with van der Waals surface area (Å²) in [6, 6.07) is 62.1. The lowest BCUT2D eigenvalue weighted by molar-refractivity contribution is 0.673. The molecule has 8 aromatic carbocycles. The molecule has 1 heteroatoms. The lowest BCUT2D eigenvalue weighted by Gasteiger charge is -2.34. The van der Waals surface area contributed by atoms with Gasteiger partial charge in [-0.3, -0.25) is 0 Å². The second-order valence-corrected chi connectivity index (χ2v) is 12.4. The molecule has 9 aromatic rings.